The van der Waals surface area contributed by atoms with Gasteiger partial charge in [0.05, 0.1) is 27.4 Å². The number of esters is 1. The monoisotopic (exact) mass is 601 g/mol. The van der Waals surface area contributed by atoms with Crippen LogP contribution in [0, 0.1) is 29.5 Å². The highest BCUT2D eigenvalue weighted by Gasteiger charge is 2.26. The Hall–Kier alpha value is -5.17. The summed E-state index contributed by atoms with van der Waals surface area (Å²) in [6, 6.07) is 26.5. The van der Waals surface area contributed by atoms with Gasteiger partial charge in [0.2, 0.25) is 0 Å². The van der Waals surface area contributed by atoms with Crippen LogP contribution in [0.5, 0.6) is 5.75 Å². The lowest BCUT2D eigenvalue weighted by atomic mass is 9.88. The van der Waals surface area contributed by atoms with Crippen LogP contribution in [-0.2, 0) is 0 Å². The zero-order valence-corrected chi connectivity index (χ0v) is 24.7. The average Bonchev–Trinajstić information content (AvgIpc) is 3.60. The Balaban J connectivity index is 1.45. The van der Waals surface area contributed by atoms with Crippen LogP contribution in [0.4, 0.5) is 10.1 Å². The van der Waals surface area contributed by atoms with Crippen molar-refractivity contribution in [3.8, 4) is 34.2 Å². The molecule has 6 rings (SSSR count). The van der Waals surface area contributed by atoms with E-state index in [-0.39, 0.29) is 28.3 Å². The summed E-state index contributed by atoms with van der Waals surface area (Å²) in [4.78, 5) is 20.3. The molecule has 2 aromatic heterocycles. The third-order valence-electron chi connectivity index (χ3n) is 7.56. The first-order valence-electron chi connectivity index (χ1n) is 14.2. The number of aromatic nitrogens is 1. The fourth-order valence-corrected chi connectivity index (χ4v) is 6.08. The van der Waals surface area contributed by atoms with Crippen molar-refractivity contribution in [2.24, 2.45) is 0 Å². The molecule has 3 aromatic carbocycles. The predicted octanol–water partition coefficient (Wildman–Crippen LogP) is 6.84. The second-order valence-corrected chi connectivity index (χ2v) is 11.3. The molecular formula is C35H28FN5O2S. The number of thiophene rings is 1. The van der Waals surface area contributed by atoms with Crippen molar-refractivity contribution in [2.45, 2.75) is 6.92 Å². The molecule has 0 unspecified atom stereocenters. The molecule has 0 aliphatic carbocycles. The molecule has 1 aliphatic rings. The third-order valence-corrected chi connectivity index (χ3v) is 8.45. The van der Waals surface area contributed by atoms with E-state index in [1.807, 2.05) is 41.8 Å². The minimum Gasteiger partial charge on any atom is -0.423 e. The number of hydrogen-bond acceptors (Lipinski definition) is 8. The van der Waals surface area contributed by atoms with E-state index in [2.05, 4.69) is 16.3 Å². The molecule has 0 radical (unpaired) electrons. The molecule has 0 bridgehead atoms. The van der Waals surface area contributed by atoms with E-state index in [0.717, 1.165) is 48.4 Å². The molecule has 218 valence electrons. The van der Waals surface area contributed by atoms with Crippen LogP contribution in [-0.4, -0.2) is 42.8 Å². The summed E-state index contributed by atoms with van der Waals surface area (Å²) in [6.45, 7) is 5.38. The molecule has 2 N–H and O–H groups in total. The molecule has 9 heteroatoms. The summed E-state index contributed by atoms with van der Waals surface area (Å²) < 4.78 is 21.1. The molecular weight excluding hydrogens is 573 g/mol. The normalized spacial score (nSPS) is 12.9. The van der Waals surface area contributed by atoms with Crippen molar-refractivity contribution in [2.75, 3.05) is 31.1 Å². The number of pyridine rings is 1. The van der Waals surface area contributed by atoms with Crippen molar-refractivity contribution in [1.29, 1.82) is 10.7 Å². The van der Waals surface area contributed by atoms with Crippen LogP contribution in [0.25, 0.3) is 22.4 Å². The van der Waals surface area contributed by atoms with Gasteiger partial charge in [0.25, 0.3) is 0 Å². The summed E-state index contributed by atoms with van der Waals surface area (Å²) in [5.74, 6) is -1.25. The highest BCUT2D eigenvalue weighted by atomic mass is 32.1. The minimum atomic E-state index is -0.687. The predicted molar refractivity (Wildman–Crippen MR) is 171 cm³/mol. The summed E-state index contributed by atoms with van der Waals surface area (Å²) in [5, 5.41) is 24.9. The quantitative estimate of drug-likeness (QED) is 0.120. The Morgan fingerprint density at radius 2 is 1.80 bits per heavy atom. The number of aryl methyl sites for hydroxylation is 1. The molecule has 0 spiro atoms. The van der Waals surface area contributed by atoms with Gasteiger partial charge >= 0.3 is 5.97 Å². The van der Waals surface area contributed by atoms with Crippen LogP contribution >= 0.6 is 11.3 Å². The smallest absolute Gasteiger partial charge is 0.343 e. The molecule has 7 nitrogen and oxygen atoms in total. The number of carbonyl (C=O) groups excluding carboxylic acids is 1. The van der Waals surface area contributed by atoms with Crippen molar-refractivity contribution >= 4 is 28.7 Å². The van der Waals surface area contributed by atoms with Gasteiger partial charge in [-0.05, 0) is 60.3 Å². The zero-order chi connectivity index (χ0) is 30.6. The first-order valence-corrected chi connectivity index (χ1v) is 15.0. The molecule has 5 aromatic rings. The lowest BCUT2D eigenvalue weighted by Crippen LogP contribution is -2.43. The average molecular weight is 602 g/mol. The van der Waals surface area contributed by atoms with E-state index < -0.39 is 11.8 Å². The number of piperazine rings is 1. The van der Waals surface area contributed by atoms with Crippen LogP contribution in [0.1, 0.15) is 32.1 Å². The number of hydrogen-bond donors (Lipinski definition) is 2. The molecule has 1 saturated heterocycles. The number of rotatable bonds is 7. The molecule has 0 saturated carbocycles. The maximum atomic E-state index is 15.7. The summed E-state index contributed by atoms with van der Waals surface area (Å²) in [5.41, 5.74) is 4.36. The van der Waals surface area contributed by atoms with E-state index >= 15 is 4.39 Å². The summed E-state index contributed by atoms with van der Waals surface area (Å²) in [6.07, 6.45) is 0. The van der Waals surface area contributed by atoms with Gasteiger partial charge in [0.15, 0.2) is 0 Å². The SMILES string of the molecule is Cc1nc(-c2ccc(OC(=O)c3ccccc3)cc2F)c(C#N)c(-c2ccc(N3CCNCC3)cc2)c1C(=N)c1cccs1. The van der Waals surface area contributed by atoms with Crippen molar-refractivity contribution < 1.29 is 13.9 Å². The number of anilines is 1. The standard InChI is InChI=1S/C35H28FN5O2S/c1-22-31(33(38)30-8-5-19-44-30)32(23-9-11-25(12-10-23)41-17-15-39-16-18-41)28(21-37)34(40-22)27-14-13-26(20-29(27)36)43-35(42)24-6-3-2-4-7-24/h2-14,19-20,38-39H,15-18H2,1H3. The second kappa shape index (κ2) is 12.6. The fraction of sp³-hybridized carbons (Fsp3) is 0.143. The lowest BCUT2D eigenvalue weighted by molar-refractivity contribution is 0.0734. The Kier molecular flexibility index (Phi) is 8.28. The van der Waals surface area contributed by atoms with Gasteiger partial charge in [-0.1, -0.05) is 36.4 Å². The number of carbonyl (C=O) groups is 1. The van der Waals surface area contributed by atoms with E-state index in [9.17, 15) is 10.1 Å². The van der Waals surface area contributed by atoms with E-state index in [0.29, 0.717) is 22.4 Å². The molecule has 1 aliphatic heterocycles. The van der Waals surface area contributed by atoms with Gasteiger partial charge in [-0.2, -0.15) is 5.26 Å². The Labute approximate surface area is 258 Å². The van der Waals surface area contributed by atoms with E-state index in [1.54, 1.807) is 37.3 Å². The Morgan fingerprint density at radius 3 is 2.45 bits per heavy atom. The van der Waals surface area contributed by atoms with Crippen LogP contribution < -0.4 is 15.0 Å². The first-order chi connectivity index (χ1) is 21.4. The maximum Gasteiger partial charge on any atom is 0.343 e. The number of nitriles is 1. The van der Waals surface area contributed by atoms with Gasteiger partial charge in [-0.25, -0.2) is 9.18 Å². The van der Waals surface area contributed by atoms with Crippen molar-refractivity contribution in [3.05, 3.63) is 123 Å². The molecule has 0 amide bonds. The van der Waals surface area contributed by atoms with E-state index in [4.69, 9.17) is 15.1 Å². The van der Waals surface area contributed by atoms with Crippen LogP contribution in [0.2, 0.25) is 0 Å². The number of benzene rings is 3. The second-order valence-electron chi connectivity index (χ2n) is 10.3. The highest BCUT2D eigenvalue weighted by Crippen LogP contribution is 2.38. The number of ether oxygens (including phenoxy) is 1. The molecule has 1 fully saturated rings. The van der Waals surface area contributed by atoms with Crippen molar-refractivity contribution in [1.82, 2.24) is 10.3 Å². The minimum absolute atomic E-state index is 0.0372. The summed E-state index contributed by atoms with van der Waals surface area (Å²) in [7, 11) is 0. The molecule has 0 atom stereocenters. The summed E-state index contributed by atoms with van der Waals surface area (Å²) >= 11 is 1.43. The Morgan fingerprint density at radius 1 is 1.05 bits per heavy atom. The molecule has 3 heterocycles. The van der Waals surface area contributed by atoms with Gasteiger partial charge in [-0.15, -0.1) is 11.3 Å². The largest absolute Gasteiger partial charge is 0.423 e. The maximum absolute atomic E-state index is 15.7. The fourth-order valence-electron chi connectivity index (χ4n) is 5.40. The van der Waals surface area contributed by atoms with Gasteiger partial charge in [0.1, 0.15) is 17.6 Å². The number of halogens is 1. The van der Waals surface area contributed by atoms with Gasteiger partial charge < -0.3 is 15.0 Å². The van der Waals surface area contributed by atoms with Gasteiger partial charge in [-0.3, -0.25) is 10.4 Å². The van der Waals surface area contributed by atoms with Crippen molar-refractivity contribution in [3.63, 3.8) is 0 Å². The molecule has 44 heavy (non-hydrogen) atoms. The first kappa shape index (κ1) is 28.9. The number of nitrogens with one attached hydrogen (secondary N) is 2. The zero-order valence-electron chi connectivity index (χ0n) is 23.9. The third kappa shape index (κ3) is 5.73. The topological polar surface area (TPSA) is 102 Å². The van der Waals surface area contributed by atoms with Gasteiger partial charge in [0, 0.05) is 60.3 Å². The number of nitrogens with zero attached hydrogens (tertiary/aromatic N) is 3. The van der Waals surface area contributed by atoms with Crippen LogP contribution in [0.15, 0.2) is 90.3 Å². The van der Waals surface area contributed by atoms with Crippen LogP contribution in [0.3, 0.4) is 0 Å². The van der Waals surface area contributed by atoms with E-state index in [1.165, 1.54) is 23.5 Å². The Bertz CT molecular complexity index is 1880. The lowest BCUT2D eigenvalue weighted by Gasteiger charge is -2.29. The highest BCUT2D eigenvalue weighted by molar-refractivity contribution is 7.12.